The number of carbonyl (C=O) groups excluding carboxylic acids is 3. The van der Waals surface area contributed by atoms with Crippen LogP contribution in [0.4, 0.5) is 9.59 Å². The van der Waals surface area contributed by atoms with E-state index < -0.39 is 18.1 Å². The first-order chi connectivity index (χ1) is 16.4. The summed E-state index contributed by atoms with van der Waals surface area (Å²) in [5.74, 6) is -0.562. The van der Waals surface area contributed by atoms with Crippen molar-refractivity contribution in [3.05, 3.63) is 71.8 Å². The molecule has 0 saturated heterocycles. The van der Waals surface area contributed by atoms with Crippen LogP contribution >= 0.6 is 11.6 Å². The molecule has 1 fully saturated rings. The highest BCUT2D eigenvalue weighted by Gasteiger charge is 2.30. The van der Waals surface area contributed by atoms with E-state index in [-0.39, 0.29) is 36.8 Å². The van der Waals surface area contributed by atoms with Gasteiger partial charge in [-0.25, -0.2) is 14.5 Å². The van der Waals surface area contributed by atoms with Crippen molar-refractivity contribution >= 4 is 35.0 Å². The maximum absolute atomic E-state index is 12.9. The number of hydrogen-bond donors (Lipinski definition) is 2. The Bertz CT molecular complexity index is 979. The van der Waals surface area contributed by atoms with Crippen LogP contribution in [0.3, 0.4) is 0 Å². The zero-order valence-corrected chi connectivity index (χ0v) is 19.5. The van der Waals surface area contributed by atoms with E-state index >= 15 is 0 Å². The van der Waals surface area contributed by atoms with Crippen LogP contribution in [0.25, 0.3) is 0 Å². The number of guanidine groups is 1. The Balaban J connectivity index is 1.59. The Kier molecular flexibility index (Phi) is 9.46. The van der Waals surface area contributed by atoms with Crippen molar-refractivity contribution in [2.75, 3.05) is 6.54 Å². The van der Waals surface area contributed by atoms with E-state index in [2.05, 4.69) is 5.32 Å². The maximum atomic E-state index is 12.9. The summed E-state index contributed by atoms with van der Waals surface area (Å²) in [7, 11) is 0. The molecule has 0 bridgehead atoms. The number of nitrogens with zero attached hydrogens (tertiary/aromatic N) is 1. The van der Waals surface area contributed by atoms with Crippen molar-refractivity contribution < 1.29 is 23.9 Å². The first kappa shape index (κ1) is 25.2. The molecule has 0 aliphatic heterocycles. The van der Waals surface area contributed by atoms with E-state index in [1.54, 1.807) is 0 Å². The van der Waals surface area contributed by atoms with Gasteiger partial charge in [0.05, 0.1) is 0 Å². The van der Waals surface area contributed by atoms with Gasteiger partial charge < -0.3 is 9.47 Å². The molecule has 1 aliphatic carbocycles. The summed E-state index contributed by atoms with van der Waals surface area (Å²) in [5.41, 5.74) is 1.60. The van der Waals surface area contributed by atoms with Gasteiger partial charge in [-0.3, -0.25) is 15.5 Å². The lowest BCUT2D eigenvalue weighted by atomic mass is 9.82. The van der Waals surface area contributed by atoms with Crippen LogP contribution < -0.4 is 5.32 Å². The van der Waals surface area contributed by atoms with Crippen molar-refractivity contribution in [3.8, 4) is 0 Å². The number of hydrogen-bond acceptors (Lipinski definition) is 6. The fraction of sp³-hybridized carbons (Fsp3) is 0.360. The first-order valence-electron chi connectivity index (χ1n) is 11.2. The van der Waals surface area contributed by atoms with Gasteiger partial charge in [0.15, 0.2) is 0 Å². The number of amides is 2. The molecular weight excluding hydrogens is 458 g/mol. The summed E-state index contributed by atoms with van der Waals surface area (Å²) in [6.07, 6.45) is 1.02. The second-order valence-electron chi connectivity index (χ2n) is 8.21. The van der Waals surface area contributed by atoms with Crippen molar-refractivity contribution in [1.82, 2.24) is 10.2 Å². The van der Waals surface area contributed by atoms with Crippen molar-refractivity contribution in [2.45, 2.75) is 38.9 Å². The minimum Gasteiger partial charge on any atom is -0.444 e. The molecule has 0 spiro atoms. The second kappa shape index (κ2) is 12.7. The highest BCUT2D eigenvalue weighted by atomic mass is 35.5. The average molecular weight is 486 g/mol. The summed E-state index contributed by atoms with van der Waals surface area (Å²) in [6, 6.07) is 18.3. The largest absolute Gasteiger partial charge is 0.444 e. The Morgan fingerprint density at radius 1 is 0.882 bits per heavy atom. The summed E-state index contributed by atoms with van der Waals surface area (Å²) in [6.45, 7) is 0.249. The molecule has 0 atom stereocenters. The highest BCUT2D eigenvalue weighted by Crippen LogP contribution is 2.30. The van der Waals surface area contributed by atoms with Crippen LogP contribution in [0.1, 0.15) is 36.8 Å². The summed E-state index contributed by atoms with van der Waals surface area (Å²) >= 11 is 5.62. The highest BCUT2D eigenvalue weighted by molar-refractivity contribution is 6.63. The van der Waals surface area contributed by atoms with Crippen LogP contribution in [0.15, 0.2) is 60.7 Å². The molecule has 3 rings (SSSR count). The van der Waals surface area contributed by atoms with E-state index in [9.17, 15) is 14.4 Å². The van der Waals surface area contributed by atoms with Gasteiger partial charge in [-0.15, -0.1) is 0 Å². The predicted octanol–water partition coefficient (Wildman–Crippen LogP) is 5.06. The lowest BCUT2D eigenvalue weighted by molar-refractivity contribution is -0.116. The molecule has 0 heterocycles. The number of halogens is 1. The van der Waals surface area contributed by atoms with Gasteiger partial charge in [-0.05, 0) is 54.3 Å². The summed E-state index contributed by atoms with van der Waals surface area (Å²) in [5, 5.41) is 10.3. The minimum absolute atomic E-state index is 0.0366. The van der Waals surface area contributed by atoms with E-state index in [4.69, 9.17) is 26.5 Å². The fourth-order valence-electron chi connectivity index (χ4n) is 3.81. The Morgan fingerprint density at radius 3 is 1.94 bits per heavy atom. The molecule has 34 heavy (non-hydrogen) atoms. The minimum atomic E-state index is -0.842. The number of carbonyl (C=O) groups is 3. The quantitative estimate of drug-likeness (QED) is 0.323. The molecule has 1 saturated carbocycles. The van der Waals surface area contributed by atoms with Crippen molar-refractivity contribution in [1.29, 1.82) is 5.41 Å². The van der Waals surface area contributed by atoms with Gasteiger partial charge in [0, 0.05) is 12.5 Å². The van der Waals surface area contributed by atoms with E-state index in [1.807, 2.05) is 60.7 Å². The number of ether oxygens (including phenoxy) is 2. The first-order valence-corrected chi connectivity index (χ1v) is 11.5. The molecular formula is C25H28ClN3O5. The zero-order valence-electron chi connectivity index (χ0n) is 18.7. The molecule has 2 aromatic rings. The normalized spacial score (nSPS) is 17.3. The topological polar surface area (TPSA) is 109 Å². The molecule has 1 aliphatic rings. The van der Waals surface area contributed by atoms with E-state index in [0.29, 0.717) is 25.7 Å². The van der Waals surface area contributed by atoms with Crippen LogP contribution in [-0.4, -0.2) is 34.8 Å². The SMILES string of the molecule is N=C(NC(=O)OCc1ccccc1)N(C[C@H]1CC[C@H](C(=O)Cl)CC1)C(=O)OCc1ccccc1. The Morgan fingerprint density at radius 2 is 1.41 bits per heavy atom. The molecule has 2 aromatic carbocycles. The maximum Gasteiger partial charge on any atom is 0.416 e. The lowest BCUT2D eigenvalue weighted by Gasteiger charge is -2.31. The number of alkyl carbamates (subject to hydrolysis) is 1. The second-order valence-corrected chi connectivity index (χ2v) is 8.58. The van der Waals surface area contributed by atoms with Gasteiger partial charge in [-0.2, -0.15) is 0 Å². The number of benzene rings is 2. The van der Waals surface area contributed by atoms with Crippen LogP contribution in [0, 0.1) is 17.2 Å². The van der Waals surface area contributed by atoms with Gasteiger partial charge >= 0.3 is 12.2 Å². The Labute approximate surface area is 203 Å². The fourth-order valence-corrected chi connectivity index (χ4v) is 4.03. The third kappa shape index (κ3) is 7.88. The molecule has 9 heteroatoms. The molecule has 0 aromatic heterocycles. The molecule has 2 amide bonds. The standard InChI is InChI=1S/C25H28ClN3O5/c26-22(30)21-13-11-18(12-14-21)15-29(25(32)34-17-20-9-5-2-6-10-20)23(27)28-24(31)33-16-19-7-3-1-4-8-19/h1-10,18,21H,11-17H2,(H2,27,28,31)/t18-,21-. The lowest BCUT2D eigenvalue weighted by Crippen LogP contribution is -2.49. The van der Waals surface area contributed by atoms with Crippen LogP contribution in [-0.2, 0) is 27.5 Å². The van der Waals surface area contributed by atoms with E-state index in [1.165, 1.54) is 0 Å². The van der Waals surface area contributed by atoms with E-state index in [0.717, 1.165) is 16.0 Å². The van der Waals surface area contributed by atoms with Crippen molar-refractivity contribution in [3.63, 3.8) is 0 Å². The molecule has 0 radical (unpaired) electrons. The number of nitrogens with one attached hydrogen (secondary N) is 2. The molecule has 0 unspecified atom stereocenters. The summed E-state index contributed by atoms with van der Waals surface area (Å²) < 4.78 is 10.6. The van der Waals surface area contributed by atoms with Crippen LogP contribution in [0.5, 0.6) is 0 Å². The zero-order chi connectivity index (χ0) is 24.3. The molecule has 8 nitrogen and oxygen atoms in total. The summed E-state index contributed by atoms with van der Waals surface area (Å²) in [4.78, 5) is 37.6. The van der Waals surface area contributed by atoms with Gasteiger partial charge in [0.25, 0.3) is 0 Å². The smallest absolute Gasteiger partial charge is 0.416 e. The third-order valence-corrected chi connectivity index (χ3v) is 6.05. The Hall–Kier alpha value is -3.39. The third-order valence-electron chi connectivity index (χ3n) is 5.74. The average Bonchev–Trinajstić information content (AvgIpc) is 2.86. The number of rotatable bonds is 7. The predicted molar refractivity (Wildman–Crippen MR) is 127 cm³/mol. The van der Waals surface area contributed by atoms with Crippen molar-refractivity contribution in [2.24, 2.45) is 11.8 Å². The molecule has 2 N–H and O–H groups in total. The van der Waals surface area contributed by atoms with Gasteiger partial charge in [0.2, 0.25) is 11.2 Å². The van der Waals surface area contributed by atoms with Gasteiger partial charge in [-0.1, -0.05) is 60.7 Å². The molecule has 180 valence electrons. The van der Waals surface area contributed by atoms with Gasteiger partial charge in [0.1, 0.15) is 13.2 Å². The van der Waals surface area contributed by atoms with Crippen LogP contribution in [0.2, 0.25) is 0 Å². The monoisotopic (exact) mass is 485 g/mol.